The van der Waals surface area contributed by atoms with Crippen LogP contribution in [0.2, 0.25) is 0 Å². The van der Waals surface area contributed by atoms with Crippen molar-refractivity contribution in [3.8, 4) is 0 Å². The summed E-state index contributed by atoms with van der Waals surface area (Å²) >= 11 is 0. The lowest BCUT2D eigenvalue weighted by atomic mass is 10.1. The van der Waals surface area contributed by atoms with Crippen LogP contribution in [0.15, 0.2) is 87.5 Å². The third-order valence-corrected chi connectivity index (χ3v) is 6.43. The molecule has 1 aliphatic heterocycles. The average Bonchev–Trinajstić information content (AvgIpc) is 3.18. The molecule has 6 nitrogen and oxygen atoms in total. The van der Waals surface area contributed by atoms with Crippen molar-refractivity contribution >= 4 is 22.3 Å². The highest BCUT2D eigenvalue weighted by atomic mass is 32.2. The van der Waals surface area contributed by atoms with E-state index < -0.39 is 10.0 Å². The predicted molar refractivity (Wildman–Crippen MR) is 118 cm³/mol. The Morgan fingerprint density at radius 3 is 2.30 bits per heavy atom. The molecule has 1 N–H and O–H groups in total. The van der Waals surface area contributed by atoms with Crippen molar-refractivity contribution in [3.63, 3.8) is 0 Å². The second-order valence-corrected chi connectivity index (χ2v) is 8.88. The Balaban J connectivity index is 1.60. The molecule has 4 rings (SSSR count). The van der Waals surface area contributed by atoms with Crippen molar-refractivity contribution in [2.24, 2.45) is 5.10 Å². The van der Waals surface area contributed by atoms with E-state index in [0.717, 1.165) is 42.8 Å². The number of morpholine rings is 1. The van der Waals surface area contributed by atoms with Gasteiger partial charge in [-0.1, -0.05) is 48.5 Å². The van der Waals surface area contributed by atoms with Crippen LogP contribution in [0.1, 0.15) is 18.4 Å². The second-order valence-electron chi connectivity index (χ2n) is 7.22. The number of sulfonamides is 1. The zero-order chi connectivity index (χ0) is 20.8. The molecule has 7 heteroatoms. The molecule has 30 heavy (non-hydrogen) atoms. The van der Waals surface area contributed by atoms with Crippen LogP contribution >= 0.6 is 0 Å². The lowest BCUT2D eigenvalue weighted by molar-refractivity contribution is 0.0548. The molecule has 1 saturated heterocycles. The van der Waals surface area contributed by atoms with Gasteiger partial charge < -0.3 is 9.64 Å². The van der Waals surface area contributed by atoms with Crippen LogP contribution in [0.3, 0.4) is 0 Å². The summed E-state index contributed by atoms with van der Waals surface area (Å²) in [5, 5.41) is 4.08. The molecule has 2 aromatic carbocycles. The minimum Gasteiger partial charge on any atom is -0.378 e. The third kappa shape index (κ3) is 4.80. The van der Waals surface area contributed by atoms with Crippen LogP contribution < -0.4 is 4.83 Å². The molecule has 0 bridgehead atoms. The lowest BCUT2D eigenvalue weighted by Gasteiger charge is -2.31. The molecule has 2 aromatic rings. The maximum atomic E-state index is 12.4. The van der Waals surface area contributed by atoms with E-state index >= 15 is 0 Å². The Bertz CT molecular complexity index is 1060. The number of allylic oxidation sites excluding steroid dienone is 2. The van der Waals surface area contributed by atoms with Crippen molar-refractivity contribution in [1.82, 2.24) is 9.73 Å². The Morgan fingerprint density at radius 2 is 1.60 bits per heavy atom. The van der Waals surface area contributed by atoms with Gasteiger partial charge in [-0.3, -0.25) is 0 Å². The predicted octanol–water partition coefficient (Wildman–Crippen LogP) is 3.41. The van der Waals surface area contributed by atoms with Crippen molar-refractivity contribution in [2.45, 2.75) is 17.7 Å². The monoisotopic (exact) mass is 423 g/mol. The largest absolute Gasteiger partial charge is 0.378 e. The topological polar surface area (TPSA) is 71.0 Å². The van der Waals surface area contributed by atoms with Crippen molar-refractivity contribution < 1.29 is 13.2 Å². The van der Waals surface area contributed by atoms with Gasteiger partial charge in [0.2, 0.25) is 0 Å². The van der Waals surface area contributed by atoms with Crippen molar-refractivity contribution in [2.75, 3.05) is 26.3 Å². The fourth-order valence-corrected chi connectivity index (χ4v) is 4.56. The number of hydrogen-bond acceptors (Lipinski definition) is 5. The number of hydrogen-bond donors (Lipinski definition) is 1. The SMILES string of the molecule is O=S(=O)(N/N=C/C1=C(N2CCOCC2)C(=C\c2ccccc2)/CC1)c1ccccc1. The summed E-state index contributed by atoms with van der Waals surface area (Å²) in [6, 6.07) is 18.5. The average molecular weight is 424 g/mol. The van der Waals surface area contributed by atoms with E-state index in [1.807, 2.05) is 18.2 Å². The molecule has 1 fully saturated rings. The molecule has 0 amide bonds. The Kier molecular flexibility index (Phi) is 6.30. The minimum absolute atomic E-state index is 0.195. The molecule has 0 atom stereocenters. The zero-order valence-electron chi connectivity index (χ0n) is 16.7. The summed E-state index contributed by atoms with van der Waals surface area (Å²) < 4.78 is 30.3. The van der Waals surface area contributed by atoms with Gasteiger partial charge in [0, 0.05) is 18.8 Å². The highest BCUT2D eigenvalue weighted by Gasteiger charge is 2.25. The maximum absolute atomic E-state index is 12.4. The fourth-order valence-electron chi connectivity index (χ4n) is 3.75. The zero-order valence-corrected chi connectivity index (χ0v) is 17.5. The molecule has 0 radical (unpaired) electrons. The van der Waals surface area contributed by atoms with Crippen LogP contribution in [0.5, 0.6) is 0 Å². The Hall–Kier alpha value is -2.90. The van der Waals surface area contributed by atoms with E-state index in [2.05, 4.69) is 33.0 Å². The van der Waals surface area contributed by atoms with Crippen LogP contribution in [0.4, 0.5) is 0 Å². The standard InChI is InChI=1S/C23H25N3O3S/c27-30(28,22-9-5-2-6-10-22)25-24-18-21-12-11-20(17-19-7-3-1-4-8-19)23(21)26-13-15-29-16-14-26/h1-10,17-18,25H,11-16H2/b20-17-,24-18+. The number of nitrogens with one attached hydrogen (secondary N) is 1. The van der Waals surface area contributed by atoms with Gasteiger partial charge in [-0.15, -0.1) is 0 Å². The van der Waals surface area contributed by atoms with Gasteiger partial charge in [0.05, 0.1) is 24.3 Å². The Labute approximate surface area is 177 Å². The summed E-state index contributed by atoms with van der Waals surface area (Å²) in [6.45, 7) is 3.00. The molecule has 0 spiro atoms. The summed E-state index contributed by atoms with van der Waals surface area (Å²) in [4.78, 5) is 4.85. The van der Waals surface area contributed by atoms with E-state index in [-0.39, 0.29) is 4.90 Å². The Morgan fingerprint density at radius 1 is 0.933 bits per heavy atom. The number of hydrazone groups is 1. The first-order chi connectivity index (χ1) is 14.6. The summed E-state index contributed by atoms with van der Waals surface area (Å²) in [6.07, 6.45) is 5.58. The van der Waals surface area contributed by atoms with Crippen molar-refractivity contribution in [3.05, 3.63) is 83.1 Å². The van der Waals surface area contributed by atoms with Gasteiger partial charge in [0.25, 0.3) is 10.0 Å². The fraction of sp³-hybridized carbons (Fsp3) is 0.261. The summed E-state index contributed by atoms with van der Waals surface area (Å²) in [7, 11) is -3.68. The molecule has 0 saturated carbocycles. The highest BCUT2D eigenvalue weighted by molar-refractivity contribution is 7.89. The first-order valence-electron chi connectivity index (χ1n) is 10.1. The summed E-state index contributed by atoms with van der Waals surface area (Å²) in [5.74, 6) is 0. The normalized spacial score (nSPS) is 19.1. The van der Waals surface area contributed by atoms with Gasteiger partial charge in [0.15, 0.2) is 0 Å². The van der Waals surface area contributed by atoms with Gasteiger partial charge in [-0.2, -0.15) is 13.5 Å². The first-order valence-corrected chi connectivity index (χ1v) is 11.5. The number of ether oxygens (including phenoxy) is 1. The molecule has 0 unspecified atom stereocenters. The van der Waals surface area contributed by atoms with Crippen LogP contribution in [0, 0.1) is 0 Å². The third-order valence-electron chi connectivity index (χ3n) is 5.19. The highest BCUT2D eigenvalue weighted by Crippen LogP contribution is 2.35. The number of benzene rings is 2. The second kappa shape index (κ2) is 9.28. The molecular weight excluding hydrogens is 398 g/mol. The summed E-state index contributed by atoms with van der Waals surface area (Å²) in [5.41, 5.74) is 4.58. The van der Waals surface area contributed by atoms with E-state index in [9.17, 15) is 8.42 Å². The van der Waals surface area contributed by atoms with Crippen molar-refractivity contribution in [1.29, 1.82) is 0 Å². The number of rotatable bonds is 6. The number of nitrogens with zero attached hydrogens (tertiary/aromatic N) is 2. The van der Waals surface area contributed by atoms with Gasteiger partial charge in [-0.25, -0.2) is 4.83 Å². The molecular formula is C23H25N3O3S. The van der Waals surface area contributed by atoms with E-state index in [1.165, 1.54) is 5.57 Å². The van der Waals surface area contributed by atoms with Gasteiger partial charge in [0.1, 0.15) is 0 Å². The van der Waals surface area contributed by atoms with E-state index in [4.69, 9.17) is 4.74 Å². The molecule has 1 aliphatic carbocycles. The maximum Gasteiger partial charge on any atom is 0.276 e. The quantitative estimate of drug-likeness (QED) is 0.571. The van der Waals surface area contributed by atoms with E-state index in [1.54, 1.807) is 36.5 Å². The van der Waals surface area contributed by atoms with Crippen LogP contribution in [-0.2, 0) is 14.8 Å². The molecule has 156 valence electrons. The molecule has 0 aromatic heterocycles. The first kappa shape index (κ1) is 20.4. The van der Waals surface area contributed by atoms with E-state index in [0.29, 0.717) is 13.2 Å². The van der Waals surface area contributed by atoms with Gasteiger partial charge in [-0.05, 0) is 47.8 Å². The smallest absolute Gasteiger partial charge is 0.276 e. The van der Waals surface area contributed by atoms with Crippen LogP contribution in [0.25, 0.3) is 6.08 Å². The van der Waals surface area contributed by atoms with Crippen LogP contribution in [-0.4, -0.2) is 45.8 Å². The molecule has 2 aliphatic rings. The molecule has 1 heterocycles. The lowest BCUT2D eigenvalue weighted by Crippen LogP contribution is -2.36. The van der Waals surface area contributed by atoms with Gasteiger partial charge >= 0.3 is 0 Å². The minimum atomic E-state index is -3.68.